The summed E-state index contributed by atoms with van der Waals surface area (Å²) in [5.41, 5.74) is 9.30. The van der Waals surface area contributed by atoms with Crippen LogP contribution in [0.1, 0.15) is 22.6 Å². The van der Waals surface area contributed by atoms with E-state index < -0.39 is 5.92 Å². The molecule has 0 saturated carbocycles. The van der Waals surface area contributed by atoms with E-state index in [-0.39, 0.29) is 5.91 Å². The highest BCUT2D eigenvalue weighted by atomic mass is 35.5. The smallest absolute Gasteiger partial charge is 0.236 e. The van der Waals surface area contributed by atoms with Crippen molar-refractivity contribution in [3.63, 3.8) is 0 Å². The van der Waals surface area contributed by atoms with Gasteiger partial charge in [-0.3, -0.25) is 4.79 Å². The van der Waals surface area contributed by atoms with Crippen LogP contribution in [0, 0.1) is 6.92 Å². The molecule has 0 saturated heterocycles. The second-order valence-electron chi connectivity index (χ2n) is 9.62. The van der Waals surface area contributed by atoms with Gasteiger partial charge in [0.15, 0.2) is 0 Å². The summed E-state index contributed by atoms with van der Waals surface area (Å²) in [7, 11) is 0. The molecule has 7 rings (SSSR count). The number of aryl methyl sites for hydroxylation is 1. The zero-order chi connectivity index (χ0) is 25.8. The van der Waals surface area contributed by atoms with Crippen LogP contribution in [0.2, 0.25) is 5.02 Å². The van der Waals surface area contributed by atoms with Crippen LogP contribution in [0.5, 0.6) is 0 Å². The van der Waals surface area contributed by atoms with E-state index in [2.05, 4.69) is 41.5 Å². The number of hydrogen-bond acceptors (Lipinski definition) is 2. The monoisotopic (exact) mass is 514 g/mol. The van der Waals surface area contributed by atoms with E-state index in [1.807, 2.05) is 83.5 Å². The van der Waals surface area contributed by atoms with Gasteiger partial charge in [-0.2, -0.15) is 5.10 Å². The molecule has 1 aliphatic rings. The SMILES string of the molecule is Cc1ccc(-c2[nH]c3c(c(-c4ccc(Cl)cc4)nn3-c3ccccc3)c2C2C(=O)Nc3ccccc32)cc1. The number of amides is 1. The molecule has 1 unspecified atom stereocenters. The van der Waals surface area contributed by atoms with E-state index in [1.54, 1.807) is 0 Å². The van der Waals surface area contributed by atoms with Crippen LogP contribution < -0.4 is 5.32 Å². The molecule has 1 atom stereocenters. The molecule has 4 aromatic carbocycles. The zero-order valence-electron chi connectivity index (χ0n) is 20.6. The molecule has 5 nitrogen and oxygen atoms in total. The zero-order valence-corrected chi connectivity index (χ0v) is 21.3. The Morgan fingerprint density at radius 2 is 1.50 bits per heavy atom. The van der Waals surface area contributed by atoms with Gasteiger partial charge in [0.25, 0.3) is 0 Å². The van der Waals surface area contributed by atoms with E-state index in [0.717, 1.165) is 56.0 Å². The molecule has 2 N–H and O–H groups in total. The summed E-state index contributed by atoms with van der Waals surface area (Å²) in [4.78, 5) is 17.3. The molecule has 0 spiro atoms. The fraction of sp³-hybridized carbons (Fsp3) is 0.0625. The topological polar surface area (TPSA) is 62.7 Å². The quantitative estimate of drug-likeness (QED) is 0.253. The number of carbonyl (C=O) groups excluding carboxylic acids is 1. The number of carbonyl (C=O) groups is 1. The van der Waals surface area contributed by atoms with Gasteiger partial charge in [0.05, 0.1) is 22.7 Å². The number of nitrogens with zero attached hydrogens (tertiary/aromatic N) is 2. The highest BCUT2D eigenvalue weighted by Gasteiger charge is 2.38. The third-order valence-electron chi connectivity index (χ3n) is 7.21. The molecule has 3 heterocycles. The third-order valence-corrected chi connectivity index (χ3v) is 7.46. The van der Waals surface area contributed by atoms with Gasteiger partial charge < -0.3 is 10.3 Å². The van der Waals surface area contributed by atoms with Crippen molar-refractivity contribution in [2.75, 3.05) is 5.32 Å². The first kappa shape index (κ1) is 22.6. The summed E-state index contributed by atoms with van der Waals surface area (Å²) in [6, 6.07) is 34.0. The molecule has 6 heteroatoms. The lowest BCUT2D eigenvalue weighted by Gasteiger charge is -2.13. The number of H-pyrrole nitrogens is 1. The van der Waals surface area contributed by atoms with Crippen LogP contribution in [-0.4, -0.2) is 20.7 Å². The van der Waals surface area contributed by atoms with Crippen molar-refractivity contribution in [2.24, 2.45) is 0 Å². The second-order valence-corrected chi connectivity index (χ2v) is 10.1. The van der Waals surface area contributed by atoms with Crippen molar-refractivity contribution < 1.29 is 4.79 Å². The summed E-state index contributed by atoms with van der Waals surface area (Å²) >= 11 is 6.24. The standard InChI is InChI=1S/C32H23ClN4O/c1-19-11-13-20(14-12-19)29-27(26-24-9-5-6-10-25(24)34-32(26)38)28-30(21-15-17-22(33)18-16-21)36-37(31(28)35-29)23-7-3-2-4-8-23/h2-18,26,35H,1H3,(H,34,38). The molecule has 0 radical (unpaired) electrons. The average molecular weight is 515 g/mol. The lowest BCUT2D eigenvalue weighted by atomic mass is 9.88. The predicted octanol–water partition coefficient (Wildman–Crippen LogP) is 7.73. The normalized spacial score (nSPS) is 14.6. The Bertz CT molecular complexity index is 1820. The van der Waals surface area contributed by atoms with Gasteiger partial charge in [-0.25, -0.2) is 4.68 Å². The molecular formula is C32H23ClN4O. The van der Waals surface area contributed by atoms with Gasteiger partial charge in [-0.05, 0) is 48.4 Å². The van der Waals surface area contributed by atoms with E-state index in [4.69, 9.17) is 16.7 Å². The average Bonchev–Trinajstić information content (AvgIpc) is 3.60. The number of aromatic nitrogens is 3. The number of fused-ring (bicyclic) bond motifs is 2. The number of hydrogen-bond donors (Lipinski definition) is 2. The molecule has 0 fully saturated rings. The van der Waals surface area contributed by atoms with Crippen LogP contribution in [0.3, 0.4) is 0 Å². The first-order valence-corrected chi connectivity index (χ1v) is 12.9. The van der Waals surface area contributed by atoms with E-state index in [0.29, 0.717) is 5.02 Å². The Morgan fingerprint density at radius 1 is 0.816 bits per heavy atom. The number of rotatable bonds is 4. The van der Waals surface area contributed by atoms with Gasteiger partial charge in [0.1, 0.15) is 11.3 Å². The Hall–Kier alpha value is -4.61. The molecule has 6 aromatic rings. The molecule has 38 heavy (non-hydrogen) atoms. The Labute approximate surface area is 224 Å². The second kappa shape index (κ2) is 8.75. The van der Waals surface area contributed by atoms with E-state index >= 15 is 0 Å². The van der Waals surface area contributed by atoms with Gasteiger partial charge in [-0.15, -0.1) is 0 Å². The summed E-state index contributed by atoms with van der Waals surface area (Å²) in [5, 5.41) is 9.77. The minimum atomic E-state index is -0.490. The maximum absolute atomic E-state index is 13.6. The van der Waals surface area contributed by atoms with Gasteiger partial charge in [-0.1, -0.05) is 90.0 Å². The van der Waals surface area contributed by atoms with Crippen molar-refractivity contribution in [3.05, 3.63) is 125 Å². The van der Waals surface area contributed by atoms with Gasteiger partial charge in [0, 0.05) is 21.8 Å². The predicted molar refractivity (Wildman–Crippen MR) is 153 cm³/mol. The van der Waals surface area contributed by atoms with Crippen LogP contribution in [0.25, 0.3) is 39.2 Å². The molecule has 1 amide bonds. The summed E-state index contributed by atoms with van der Waals surface area (Å²) in [6.07, 6.45) is 0. The van der Waals surface area contributed by atoms with Crippen LogP contribution >= 0.6 is 11.6 Å². The van der Waals surface area contributed by atoms with Crippen LogP contribution in [-0.2, 0) is 4.79 Å². The minimum absolute atomic E-state index is 0.0463. The fourth-order valence-corrected chi connectivity index (χ4v) is 5.52. The summed E-state index contributed by atoms with van der Waals surface area (Å²) < 4.78 is 1.93. The number of aromatic amines is 1. The molecule has 1 aliphatic heterocycles. The van der Waals surface area contributed by atoms with E-state index in [1.165, 1.54) is 5.56 Å². The molecule has 184 valence electrons. The van der Waals surface area contributed by atoms with Crippen LogP contribution in [0.15, 0.2) is 103 Å². The first-order valence-electron chi connectivity index (χ1n) is 12.5. The third kappa shape index (κ3) is 3.55. The Balaban J connectivity index is 1.60. The van der Waals surface area contributed by atoms with Crippen molar-refractivity contribution in [1.82, 2.24) is 14.8 Å². The van der Waals surface area contributed by atoms with Crippen molar-refractivity contribution in [2.45, 2.75) is 12.8 Å². The summed E-state index contributed by atoms with van der Waals surface area (Å²) in [6.45, 7) is 2.07. The van der Waals surface area contributed by atoms with Crippen LogP contribution in [0.4, 0.5) is 5.69 Å². The van der Waals surface area contributed by atoms with Crippen molar-refractivity contribution in [1.29, 1.82) is 0 Å². The molecule has 2 aromatic heterocycles. The number of para-hydroxylation sites is 2. The molecule has 0 aliphatic carbocycles. The number of nitrogens with one attached hydrogen (secondary N) is 2. The maximum Gasteiger partial charge on any atom is 0.236 e. The minimum Gasteiger partial charge on any atom is -0.339 e. The Kier molecular flexibility index (Phi) is 5.20. The first-order chi connectivity index (χ1) is 18.6. The lowest BCUT2D eigenvalue weighted by Crippen LogP contribution is -2.14. The highest BCUT2D eigenvalue weighted by molar-refractivity contribution is 6.30. The summed E-state index contributed by atoms with van der Waals surface area (Å²) in [5.74, 6) is -0.536. The lowest BCUT2D eigenvalue weighted by molar-refractivity contribution is -0.116. The van der Waals surface area contributed by atoms with Crippen molar-refractivity contribution in [3.8, 4) is 28.2 Å². The van der Waals surface area contributed by atoms with E-state index in [9.17, 15) is 4.79 Å². The number of benzene rings is 4. The van der Waals surface area contributed by atoms with Gasteiger partial charge in [0.2, 0.25) is 5.91 Å². The highest BCUT2D eigenvalue weighted by Crippen LogP contribution is 2.47. The largest absolute Gasteiger partial charge is 0.339 e. The van der Waals surface area contributed by atoms with Crippen molar-refractivity contribution >= 4 is 34.2 Å². The molecular weight excluding hydrogens is 492 g/mol. The fourth-order valence-electron chi connectivity index (χ4n) is 5.40. The Morgan fingerprint density at radius 3 is 2.26 bits per heavy atom. The molecule has 0 bridgehead atoms. The van der Waals surface area contributed by atoms with Gasteiger partial charge >= 0.3 is 0 Å². The number of halogens is 1. The maximum atomic E-state index is 13.6. The number of anilines is 1.